The fourth-order valence-electron chi connectivity index (χ4n) is 2.57. The highest BCUT2D eigenvalue weighted by Gasteiger charge is 2.20. The van der Waals surface area contributed by atoms with Crippen LogP contribution < -0.4 is 19.5 Å². The Balaban J connectivity index is 1.74. The summed E-state index contributed by atoms with van der Waals surface area (Å²) in [4.78, 5) is 12.5. The van der Waals surface area contributed by atoms with E-state index in [2.05, 4.69) is 5.32 Å². The number of carbonyl (C=O) groups is 1. The van der Waals surface area contributed by atoms with E-state index in [0.717, 1.165) is 12.2 Å². The maximum atomic E-state index is 12.5. The van der Waals surface area contributed by atoms with E-state index in [4.69, 9.17) is 18.9 Å². The van der Waals surface area contributed by atoms with Crippen molar-refractivity contribution < 1.29 is 23.7 Å². The van der Waals surface area contributed by atoms with Crippen molar-refractivity contribution in [1.29, 1.82) is 0 Å². The SMILES string of the molecule is COc1ccc(NC(=O)c2ccc(OC)c(OC3CCOC3)c2)cc1. The van der Waals surface area contributed by atoms with Gasteiger partial charge in [-0.25, -0.2) is 0 Å². The highest BCUT2D eigenvalue weighted by molar-refractivity contribution is 6.04. The van der Waals surface area contributed by atoms with Crippen molar-refractivity contribution in [2.45, 2.75) is 12.5 Å². The number of rotatable bonds is 6. The molecule has 0 spiro atoms. The Morgan fingerprint density at radius 2 is 1.88 bits per heavy atom. The first-order chi connectivity index (χ1) is 12.2. The Morgan fingerprint density at radius 3 is 2.52 bits per heavy atom. The van der Waals surface area contributed by atoms with Gasteiger partial charge in [-0.2, -0.15) is 0 Å². The first-order valence-corrected chi connectivity index (χ1v) is 8.07. The third-order valence-corrected chi connectivity index (χ3v) is 3.96. The van der Waals surface area contributed by atoms with Crippen molar-refractivity contribution in [2.75, 3.05) is 32.8 Å². The molecular formula is C19H21NO5. The molecule has 0 bridgehead atoms. The van der Waals surface area contributed by atoms with Crippen molar-refractivity contribution in [2.24, 2.45) is 0 Å². The summed E-state index contributed by atoms with van der Waals surface area (Å²) in [6.45, 7) is 1.23. The normalized spacial score (nSPS) is 16.3. The number of ether oxygens (including phenoxy) is 4. The summed E-state index contributed by atoms with van der Waals surface area (Å²) < 4.78 is 21.7. The van der Waals surface area contributed by atoms with Gasteiger partial charge in [-0.1, -0.05) is 0 Å². The lowest BCUT2D eigenvalue weighted by Crippen LogP contribution is -2.17. The summed E-state index contributed by atoms with van der Waals surface area (Å²) in [5.74, 6) is 1.64. The van der Waals surface area contributed by atoms with Gasteiger partial charge in [-0.3, -0.25) is 4.79 Å². The molecule has 1 N–H and O–H groups in total. The lowest BCUT2D eigenvalue weighted by Gasteiger charge is -2.16. The van der Waals surface area contributed by atoms with E-state index >= 15 is 0 Å². The summed E-state index contributed by atoms with van der Waals surface area (Å²) in [7, 11) is 3.17. The molecule has 6 heteroatoms. The van der Waals surface area contributed by atoms with Crippen LogP contribution in [-0.4, -0.2) is 39.4 Å². The molecule has 6 nitrogen and oxygen atoms in total. The van der Waals surface area contributed by atoms with Gasteiger partial charge in [0.15, 0.2) is 11.5 Å². The second-order valence-electron chi connectivity index (χ2n) is 5.65. The van der Waals surface area contributed by atoms with E-state index < -0.39 is 0 Å². The van der Waals surface area contributed by atoms with Crippen LogP contribution in [0.2, 0.25) is 0 Å². The lowest BCUT2D eigenvalue weighted by atomic mass is 10.1. The summed E-state index contributed by atoms with van der Waals surface area (Å²) in [6, 6.07) is 12.3. The first kappa shape index (κ1) is 17.1. The molecule has 1 aliphatic rings. The maximum absolute atomic E-state index is 12.5. The molecule has 1 atom stereocenters. The van der Waals surface area contributed by atoms with Crippen LogP contribution in [0.4, 0.5) is 5.69 Å². The van der Waals surface area contributed by atoms with Crippen LogP contribution in [0.5, 0.6) is 17.2 Å². The summed E-state index contributed by atoms with van der Waals surface area (Å²) >= 11 is 0. The average molecular weight is 343 g/mol. The molecule has 1 amide bonds. The van der Waals surface area contributed by atoms with Gasteiger partial charge in [0.2, 0.25) is 0 Å². The van der Waals surface area contributed by atoms with Gasteiger partial charge in [0, 0.05) is 17.7 Å². The Hall–Kier alpha value is -2.73. The molecule has 2 aromatic carbocycles. The van der Waals surface area contributed by atoms with E-state index in [0.29, 0.717) is 36.0 Å². The molecule has 1 unspecified atom stereocenters. The van der Waals surface area contributed by atoms with Crippen LogP contribution in [0.1, 0.15) is 16.8 Å². The average Bonchev–Trinajstić information content (AvgIpc) is 3.15. The summed E-state index contributed by atoms with van der Waals surface area (Å²) in [5.41, 5.74) is 1.18. The van der Waals surface area contributed by atoms with Crippen LogP contribution in [0.3, 0.4) is 0 Å². The minimum absolute atomic E-state index is 0.0196. The monoisotopic (exact) mass is 343 g/mol. The predicted octanol–water partition coefficient (Wildman–Crippen LogP) is 3.12. The Kier molecular flexibility index (Phi) is 5.40. The Labute approximate surface area is 146 Å². The number of nitrogens with one attached hydrogen (secondary N) is 1. The molecule has 1 fully saturated rings. The van der Waals surface area contributed by atoms with E-state index in [1.165, 1.54) is 0 Å². The third-order valence-electron chi connectivity index (χ3n) is 3.96. The minimum atomic E-state index is -0.222. The highest BCUT2D eigenvalue weighted by Crippen LogP contribution is 2.30. The second-order valence-corrected chi connectivity index (χ2v) is 5.65. The van der Waals surface area contributed by atoms with Crippen molar-refractivity contribution in [3.05, 3.63) is 48.0 Å². The van der Waals surface area contributed by atoms with E-state index in [1.54, 1.807) is 56.7 Å². The van der Waals surface area contributed by atoms with Gasteiger partial charge >= 0.3 is 0 Å². The van der Waals surface area contributed by atoms with Gasteiger partial charge in [0.1, 0.15) is 11.9 Å². The quantitative estimate of drug-likeness (QED) is 0.873. The fourth-order valence-corrected chi connectivity index (χ4v) is 2.57. The Bertz CT molecular complexity index is 723. The largest absolute Gasteiger partial charge is 0.497 e. The van der Waals surface area contributed by atoms with Gasteiger partial charge in [0.25, 0.3) is 5.91 Å². The van der Waals surface area contributed by atoms with Crippen molar-refractivity contribution in [1.82, 2.24) is 0 Å². The molecule has 2 aromatic rings. The standard InChI is InChI=1S/C19H21NO5/c1-22-15-6-4-14(5-7-15)20-19(21)13-3-8-17(23-2)18(11-13)25-16-9-10-24-12-16/h3-8,11,16H,9-10,12H2,1-2H3,(H,20,21). The fraction of sp³-hybridized carbons (Fsp3) is 0.316. The van der Waals surface area contributed by atoms with E-state index in [1.807, 2.05) is 0 Å². The molecule has 1 saturated heterocycles. The molecule has 132 valence electrons. The number of carbonyl (C=O) groups excluding carboxylic acids is 1. The molecule has 1 heterocycles. The van der Waals surface area contributed by atoms with Crippen LogP contribution >= 0.6 is 0 Å². The van der Waals surface area contributed by atoms with Gasteiger partial charge in [0.05, 0.1) is 27.4 Å². The van der Waals surface area contributed by atoms with Crippen molar-refractivity contribution in [3.63, 3.8) is 0 Å². The molecule has 1 aliphatic heterocycles. The predicted molar refractivity (Wildman–Crippen MR) is 93.8 cm³/mol. The molecule has 0 radical (unpaired) electrons. The topological polar surface area (TPSA) is 66.0 Å². The lowest BCUT2D eigenvalue weighted by molar-refractivity contribution is 0.102. The number of amides is 1. The molecule has 0 aliphatic carbocycles. The minimum Gasteiger partial charge on any atom is -0.497 e. The van der Waals surface area contributed by atoms with Crippen LogP contribution in [0.25, 0.3) is 0 Å². The van der Waals surface area contributed by atoms with Crippen molar-refractivity contribution in [3.8, 4) is 17.2 Å². The molecule has 3 rings (SSSR count). The first-order valence-electron chi connectivity index (χ1n) is 8.07. The third kappa shape index (κ3) is 4.22. The molecular weight excluding hydrogens is 322 g/mol. The summed E-state index contributed by atoms with van der Waals surface area (Å²) in [6.07, 6.45) is 0.805. The zero-order valence-corrected chi connectivity index (χ0v) is 14.3. The highest BCUT2D eigenvalue weighted by atomic mass is 16.6. The zero-order valence-electron chi connectivity index (χ0n) is 14.3. The zero-order chi connectivity index (χ0) is 17.6. The Morgan fingerprint density at radius 1 is 1.08 bits per heavy atom. The number of methoxy groups -OCH3 is 2. The van der Waals surface area contributed by atoms with E-state index in [-0.39, 0.29) is 12.0 Å². The van der Waals surface area contributed by atoms with Crippen LogP contribution in [0, 0.1) is 0 Å². The van der Waals surface area contributed by atoms with Gasteiger partial charge < -0.3 is 24.3 Å². The van der Waals surface area contributed by atoms with Crippen LogP contribution in [0.15, 0.2) is 42.5 Å². The van der Waals surface area contributed by atoms with Crippen molar-refractivity contribution >= 4 is 11.6 Å². The number of anilines is 1. The van der Waals surface area contributed by atoms with E-state index in [9.17, 15) is 4.79 Å². The summed E-state index contributed by atoms with van der Waals surface area (Å²) in [5, 5.41) is 2.85. The van der Waals surface area contributed by atoms with Crippen LogP contribution in [-0.2, 0) is 4.74 Å². The number of hydrogen-bond donors (Lipinski definition) is 1. The molecule has 0 saturated carbocycles. The maximum Gasteiger partial charge on any atom is 0.255 e. The smallest absolute Gasteiger partial charge is 0.255 e. The molecule has 25 heavy (non-hydrogen) atoms. The second kappa shape index (κ2) is 7.90. The van der Waals surface area contributed by atoms with Gasteiger partial charge in [-0.05, 0) is 42.5 Å². The van der Waals surface area contributed by atoms with Gasteiger partial charge in [-0.15, -0.1) is 0 Å². The molecule has 0 aromatic heterocycles. The number of benzene rings is 2. The number of hydrogen-bond acceptors (Lipinski definition) is 5.